The molecule has 0 saturated carbocycles. The Morgan fingerprint density at radius 3 is 2.54 bits per heavy atom. The van der Waals surface area contributed by atoms with Gasteiger partial charge >= 0.3 is 6.03 Å². The van der Waals surface area contributed by atoms with Gasteiger partial charge in [0.25, 0.3) is 5.91 Å². The van der Waals surface area contributed by atoms with Gasteiger partial charge in [-0.05, 0) is 29.8 Å². The third kappa shape index (κ3) is 3.30. The standard InChI is InChI=1S/C21H20N4O3/c22-10-14-6-8-16(9-7-14)23-21(28)24-12-17-18(13-24)25(20(27)19(17)26)11-15-4-2-1-3-5-15/h1-9,17-19,26H,11-13H2,(H,23,28)/t17-,18+,19-/m0/s1. The fourth-order valence-corrected chi connectivity index (χ4v) is 3.94. The quantitative estimate of drug-likeness (QED) is 0.854. The predicted molar refractivity (Wildman–Crippen MR) is 102 cm³/mol. The molecule has 7 nitrogen and oxygen atoms in total. The molecule has 0 radical (unpaired) electrons. The van der Waals surface area contributed by atoms with Crippen molar-refractivity contribution in [1.82, 2.24) is 9.80 Å². The Balaban J connectivity index is 1.44. The normalized spacial score (nSPS) is 23.4. The second-order valence-corrected chi connectivity index (χ2v) is 7.15. The molecule has 0 spiro atoms. The Morgan fingerprint density at radius 2 is 1.86 bits per heavy atom. The summed E-state index contributed by atoms with van der Waals surface area (Å²) in [5.74, 6) is -0.561. The Morgan fingerprint density at radius 1 is 1.14 bits per heavy atom. The number of amides is 3. The summed E-state index contributed by atoms with van der Waals surface area (Å²) < 4.78 is 0. The summed E-state index contributed by atoms with van der Waals surface area (Å²) >= 11 is 0. The minimum atomic E-state index is -1.08. The number of carbonyl (C=O) groups is 2. The van der Waals surface area contributed by atoms with Gasteiger partial charge in [0.05, 0.1) is 17.7 Å². The van der Waals surface area contributed by atoms with E-state index in [2.05, 4.69) is 5.32 Å². The molecule has 2 fully saturated rings. The Kier molecular flexibility index (Phi) is 4.72. The van der Waals surface area contributed by atoms with Crippen molar-refractivity contribution in [2.45, 2.75) is 18.7 Å². The number of nitriles is 1. The van der Waals surface area contributed by atoms with Crippen molar-refractivity contribution in [3.63, 3.8) is 0 Å². The van der Waals surface area contributed by atoms with Crippen LogP contribution in [-0.2, 0) is 11.3 Å². The van der Waals surface area contributed by atoms with E-state index >= 15 is 0 Å². The van der Waals surface area contributed by atoms with Crippen molar-refractivity contribution in [3.05, 3.63) is 65.7 Å². The van der Waals surface area contributed by atoms with Gasteiger partial charge in [0.15, 0.2) is 0 Å². The summed E-state index contributed by atoms with van der Waals surface area (Å²) in [5.41, 5.74) is 2.11. The number of nitrogens with one attached hydrogen (secondary N) is 1. The molecular formula is C21H20N4O3. The maximum absolute atomic E-state index is 12.6. The van der Waals surface area contributed by atoms with Crippen LogP contribution in [0.4, 0.5) is 10.5 Å². The highest BCUT2D eigenvalue weighted by Crippen LogP contribution is 2.34. The van der Waals surface area contributed by atoms with Gasteiger partial charge in [-0.15, -0.1) is 0 Å². The number of likely N-dealkylation sites (tertiary alicyclic amines) is 2. The number of nitrogens with zero attached hydrogens (tertiary/aromatic N) is 3. The van der Waals surface area contributed by atoms with Gasteiger partial charge in [-0.2, -0.15) is 5.26 Å². The number of anilines is 1. The summed E-state index contributed by atoms with van der Waals surface area (Å²) in [4.78, 5) is 28.4. The van der Waals surface area contributed by atoms with E-state index in [4.69, 9.17) is 5.26 Å². The van der Waals surface area contributed by atoms with Crippen LogP contribution in [0.25, 0.3) is 0 Å². The van der Waals surface area contributed by atoms with E-state index in [1.165, 1.54) is 0 Å². The highest BCUT2D eigenvalue weighted by atomic mass is 16.3. The van der Waals surface area contributed by atoms with Crippen molar-refractivity contribution < 1.29 is 14.7 Å². The van der Waals surface area contributed by atoms with Crippen LogP contribution in [0.15, 0.2) is 54.6 Å². The second kappa shape index (κ2) is 7.33. The first-order valence-electron chi connectivity index (χ1n) is 9.15. The maximum atomic E-state index is 12.6. The van der Waals surface area contributed by atoms with E-state index < -0.39 is 6.10 Å². The SMILES string of the molecule is N#Cc1ccc(NC(=O)N2C[C@@H]3[C@H](O)C(=O)N(Cc4ccccc4)[C@@H]3C2)cc1. The molecule has 0 bridgehead atoms. The van der Waals surface area contributed by atoms with Crippen LogP contribution in [0.5, 0.6) is 0 Å². The van der Waals surface area contributed by atoms with Crippen LogP contribution in [0.2, 0.25) is 0 Å². The average molecular weight is 376 g/mol. The van der Waals surface area contributed by atoms with Gasteiger partial charge in [0, 0.05) is 31.2 Å². The van der Waals surface area contributed by atoms with E-state index in [-0.39, 0.29) is 23.9 Å². The van der Waals surface area contributed by atoms with Crippen LogP contribution in [-0.4, -0.2) is 52.1 Å². The Bertz CT molecular complexity index is 923. The number of carbonyl (C=O) groups excluding carboxylic acids is 2. The van der Waals surface area contributed by atoms with E-state index in [1.54, 1.807) is 34.1 Å². The predicted octanol–water partition coefficient (Wildman–Crippen LogP) is 1.79. The third-order valence-corrected chi connectivity index (χ3v) is 5.42. The Labute approximate surface area is 162 Å². The lowest BCUT2D eigenvalue weighted by atomic mass is 10.0. The smallest absolute Gasteiger partial charge is 0.321 e. The average Bonchev–Trinajstić information content (AvgIpc) is 3.25. The topological polar surface area (TPSA) is 96.7 Å². The largest absolute Gasteiger partial charge is 0.383 e. The van der Waals surface area contributed by atoms with Crippen LogP contribution >= 0.6 is 0 Å². The molecule has 3 amide bonds. The van der Waals surface area contributed by atoms with Gasteiger partial charge in [0.2, 0.25) is 0 Å². The molecule has 142 valence electrons. The molecule has 2 N–H and O–H groups in total. The van der Waals surface area contributed by atoms with Gasteiger partial charge in [-0.3, -0.25) is 4.79 Å². The highest BCUT2D eigenvalue weighted by Gasteiger charge is 2.52. The van der Waals surface area contributed by atoms with Gasteiger partial charge in [0.1, 0.15) is 6.10 Å². The first kappa shape index (κ1) is 18.0. The zero-order chi connectivity index (χ0) is 19.7. The van der Waals surface area contributed by atoms with Crippen molar-refractivity contribution >= 4 is 17.6 Å². The minimum absolute atomic E-state index is 0.200. The lowest BCUT2D eigenvalue weighted by Crippen LogP contribution is -2.41. The van der Waals surface area contributed by atoms with Crippen LogP contribution in [0, 0.1) is 17.2 Å². The fourth-order valence-electron chi connectivity index (χ4n) is 3.94. The van der Waals surface area contributed by atoms with Gasteiger partial charge in [-0.1, -0.05) is 30.3 Å². The molecule has 7 heteroatoms. The molecule has 0 aromatic heterocycles. The third-order valence-electron chi connectivity index (χ3n) is 5.42. The number of benzene rings is 2. The molecule has 2 aliphatic rings. The summed E-state index contributed by atoms with van der Waals surface area (Å²) in [5, 5.41) is 22.0. The van der Waals surface area contributed by atoms with E-state index in [0.717, 1.165) is 5.56 Å². The van der Waals surface area contributed by atoms with E-state index in [9.17, 15) is 14.7 Å². The molecular weight excluding hydrogens is 356 g/mol. The summed E-state index contributed by atoms with van der Waals surface area (Å²) in [6.07, 6.45) is -1.08. The zero-order valence-corrected chi connectivity index (χ0v) is 15.2. The van der Waals surface area contributed by atoms with Crippen LogP contribution < -0.4 is 5.32 Å². The molecule has 2 heterocycles. The second-order valence-electron chi connectivity index (χ2n) is 7.15. The van der Waals surface area contributed by atoms with Crippen molar-refractivity contribution in [3.8, 4) is 6.07 Å². The highest BCUT2D eigenvalue weighted by molar-refractivity contribution is 5.90. The molecule has 4 rings (SSSR count). The number of fused-ring (bicyclic) bond motifs is 1. The maximum Gasteiger partial charge on any atom is 0.321 e. The summed E-state index contributed by atoms with van der Waals surface area (Å²) in [6.45, 7) is 1.12. The first-order chi connectivity index (χ1) is 13.6. The van der Waals surface area contributed by atoms with Crippen molar-refractivity contribution in [1.29, 1.82) is 5.26 Å². The molecule has 2 saturated heterocycles. The van der Waals surface area contributed by atoms with E-state index in [0.29, 0.717) is 30.9 Å². The zero-order valence-electron chi connectivity index (χ0n) is 15.2. The number of rotatable bonds is 3. The minimum Gasteiger partial charge on any atom is -0.383 e. The van der Waals surface area contributed by atoms with Crippen LogP contribution in [0.1, 0.15) is 11.1 Å². The first-order valence-corrected chi connectivity index (χ1v) is 9.15. The molecule has 2 aliphatic heterocycles. The molecule has 0 aliphatic carbocycles. The molecule has 2 aromatic rings. The number of aliphatic hydroxyl groups is 1. The van der Waals surface area contributed by atoms with E-state index in [1.807, 2.05) is 36.4 Å². The lowest BCUT2D eigenvalue weighted by molar-refractivity contribution is -0.136. The number of hydrogen-bond acceptors (Lipinski definition) is 4. The monoisotopic (exact) mass is 376 g/mol. The summed E-state index contributed by atoms with van der Waals surface area (Å²) in [7, 11) is 0. The number of urea groups is 1. The lowest BCUT2D eigenvalue weighted by Gasteiger charge is -2.25. The Hall–Kier alpha value is -3.37. The number of aliphatic hydroxyl groups excluding tert-OH is 1. The molecule has 3 atom stereocenters. The van der Waals surface area contributed by atoms with Gasteiger partial charge < -0.3 is 20.2 Å². The van der Waals surface area contributed by atoms with Crippen LogP contribution in [0.3, 0.4) is 0 Å². The summed E-state index contributed by atoms with van der Waals surface area (Å²) in [6, 6.07) is 17.8. The van der Waals surface area contributed by atoms with Crippen molar-refractivity contribution in [2.24, 2.45) is 5.92 Å². The number of hydrogen-bond donors (Lipinski definition) is 2. The van der Waals surface area contributed by atoms with Crippen molar-refractivity contribution in [2.75, 3.05) is 18.4 Å². The molecule has 0 unspecified atom stereocenters. The fraction of sp³-hybridized carbons (Fsp3) is 0.286. The van der Waals surface area contributed by atoms with Gasteiger partial charge in [-0.25, -0.2) is 4.79 Å². The molecule has 28 heavy (non-hydrogen) atoms. The molecule has 2 aromatic carbocycles.